The number of likely N-dealkylation sites (N-methyl/N-ethyl adjacent to an activating group) is 1. The number of nitrogens with zero attached hydrogens (tertiary/aromatic N) is 2. The molecule has 0 N–H and O–H groups in total. The summed E-state index contributed by atoms with van der Waals surface area (Å²) in [5, 5.41) is 1.89. The van der Waals surface area contributed by atoms with Gasteiger partial charge in [0, 0.05) is 26.1 Å². The molecule has 0 radical (unpaired) electrons. The highest BCUT2D eigenvalue weighted by Gasteiger charge is 2.68. The molecule has 2 aliphatic heterocycles. The van der Waals surface area contributed by atoms with E-state index in [1.165, 1.54) is 0 Å². The smallest absolute Gasteiger partial charge is 0.243 e. The first-order chi connectivity index (χ1) is 10.3. The summed E-state index contributed by atoms with van der Waals surface area (Å²) in [6, 6.07) is 7.28. The molecule has 0 bridgehead atoms. The van der Waals surface area contributed by atoms with Gasteiger partial charge in [-0.05, 0) is 31.4 Å². The summed E-state index contributed by atoms with van der Waals surface area (Å²) in [4.78, 5) is 6.42. The van der Waals surface area contributed by atoms with E-state index in [2.05, 4.69) is 6.92 Å². The van der Waals surface area contributed by atoms with Crippen LogP contribution in [0.5, 0.6) is 0 Å². The highest BCUT2D eigenvalue weighted by molar-refractivity contribution is 7.89. The van der Waals surface area contributed by atoms with Gasteiger partial charge in [-0.15, -0.1) is 0 Å². The van der Waals surface area contributed by atoms with Crippen molar-refractivity contribution < 1.29 is 13.3 Å². The van der Waals surface area contributed by atoms with E-state index in [0.29, 0.717) is 23.9 Å². The highest BCUT2D eigenvalue weighted by atomic mass is 32.2. The normalized spacial score (nSPS) is 38.6. The van der Waals surface area contributed by atoms with Crippen LogP contribution in [-0.2, 0) is 14.9 Å². The number of hydroxylamine groups is 2. The van der Waals surface area contributed by atoms with Crippen LogP contribution in [0.4, 0.5) is 0 Å². The molecule has 3 aliphatic rings. The van der Waals surface area contributed by atoms with Gasteiger partial charge in [-0.1, -0.05) is 24.6 Å². The minimum Gasteiger partial charge on any atom is -0.292 e. The zero-order valence-corrected chi connectivity index (χ0v) is 14.0. The van der Waals surface area contributed by atoms with Crippen LogP contribution in [0.1, 0.15) is 18.9 Å². The lowest BCUT2D eigenvalue weighted by atomic mass is 9.95. The summed E-state index contributed by atoms with van der Waals surface area (Å²) in [5.74, 6) is 0.805. The minimum atomic E-state index is -3.41. The first-order valence-corrected chi connectivity index (χ1v) is 9.27. The summed E-state index contributed by atoms with van der Waals surface area (Å²) in [6.07, 6.45) is 1.04. The Hall–Kier alpha value is -0.950. The van der Waals surface area contributed by atoms with Crippen LogP contribution in [0.2, 0.25) is 0 Å². The molecule has 0 unspecified atom stereocenters. The van der Waals surface area contributed by atoms with Crippen LogP contribution in [0.3, 0.4) is 0 Å². The molecule has 1 aliphatic carbocycles. The van der Waals surface area contributed by atoms with Crippen molar-refractivity contribution in [2.75, 3.05) is 20.1 Å². The monoisotopic (exact) mass is 322 g/mol. The van der Waals surface area contributed by atoms with Gasteiger partial charge in [-0.2, -0.15) is 9.37 Å². The molecule has 1 aromatic rings. The average molecular weight is 322 g/mol. The molecule has 4 rings (SSSR count). The Morgan fingerprint density at radius 3 is 2.45 bits per heavy atom. The van der Waals surface area contributed by atoms with Gasteiger partial charge in [-0.25, -0.2) is 8.42 Å². The van der Waals surface area contributed by atoms with Crippen molar-refractivity contribution in [3.05, 3.63) is 29.8 Å². The van der Waals surface area contributed by atoms with E-state index in [-0.39, 0.29) is 17.6 Å². The Morgan fingerprint density at radius 1 is 1.23 bits per heavy atom. The second-order valence-electron chi connectivity index (χ2n) is 7.01. The summed E-state index contributed by atoms with van der Waals surface area (Å²) in [7, 11) is -1.48. The number of benzene rings is 1. The lowest BCUT2D eigenvalue weighted by Crippen LogP contribution is -2.35. The van der Waals surface area contributed by atoms with Crippen LogP contribution in [0.15, 0.2) is 29.2 Å². The van der Waals surface area contributed by atoms with Gasteiger partial charge < -0.3 is 0 Å². The minimum absolute atomic E-state index is 0.114. The van der Waals surface area contributed by atoms with E-state index >= 15 is 0 Å². The third-order valence-corrected chi connectivity index (χ3v) is 7.47. The van der Waals surface area contributed by atoms with Crippen LogP contribution >= 0.6 is 0 Å². The van der Waals surface area contributed by atoms with Gasteiger partial charge in [0.2, 0.25) is 10.0 Å². The Morgan fingerprint density at radius 2 is 1.86 bits per heavy atom. The predicted molar refractivity (Wildman–Crippen MR) is 82.6 cm³/mol. The van der Waals surface area contributed by atoms with Crippen LogP contribution < -0.4 is 0 Å². The van der Waals surface area contributed by atoms with Crippen molar-refractivity contribution in [3.8, 4) is 0 Å². The standard InChI is InChI=1S/C16H22N2O3S/c1-11-4-6-13(7-5-11)22(19,20)18-9-14-15(10-18)17(3)21-16(14)8-12(16)2/h4-7,12,14-15H,8-10H2,1-3H3/t12-,14-,15+,16-/m0/s1. The summed E-state index contributed by atoms with van der Waals surface area (Å²) in [5.41, 5.74) is 0.952. The van der Waals surface area contributed by atoms with Gasteiger partial charge >= 0.3 is 0 Å². The molecule has 1 saturated carbocycles. The topological polar surface area (TPSA) is 49.9 Å². The summed E-state index contributed by atoms with van der Waals surface area (Å²) < 4.78 is 27.4. The number of hydrogen-bond acceptors (Lipinski definition) is 4. The SMILES string of the molecule is Cc1ccc(S(=O)(=O)N2C[C@@H]3[C@H](C2)[C@@]2(C[C@@H]2C)ON3C)cc1. The Balaban J connectivity index is 1.62. The van der Waals surface area contributed by atoms with E-state index in [0.717, 1.165) is 12.0 Å². The molecule has 2 heterocycles. The van der Waals surface area contributed by atoms with Crippen LogP contribution in [-0.4, -0.2) is 49.6 Å². The van der Waals surface area contributed by atoms with Crippen LogP contribution in [0, 0.1) is 18.8 Å². The van der Waals surface area contributed by atoms with Crippen molar-refractivity contribution >= 4 is 10.0 Å². The third kappa shape index (κ3) is 1.91. The largest absolute Gasteiger partial charge is 0.292 e. The van der Waals surface area contributed by atoms with Gasteiger partial charge in [0.25, 0.3) is 0 Å². The lowest BCUT2D eigenvalue weighted by molar-refractivity contribution is -0.162. The fourth-order valence-corrected chi connectivity index (χ4v) is 5.61. The second kappa shape index (κ2) is 4.54. The van der Waals surface area contributed by atoms with E-state index in [1.54, 1.807) is 16.4 Å². The average Bonchev–Trinajstić information content (AvgIpc) is 2.86. The second-order valence-corrected chi connectivity index (χ2v) is 8.94. The molecule has 0 aromatic heterocycles. The molecule has 120 valence electrons. The lowest BCUT2D eigenvalue weighted by Gasteiger charge is -2.22. The molecule has 6 heteroatoms. The maximum absolute atomic E-state index is 12.9. The van der Waals surface area contributed by atoms with Crippen molar-refractivity contribution in [2.45, 2.75) is 36.8 Å². The van der Waals surface area contributed by atoms with E-state index < -0.39 is 10.0 Å². The molecule has 22 heavy (non-hydrogen) atoms. The summed E-state index contributed by atoms with van der Waals surface area (Å²) in [6.45, 7) is 5.23. The number of rotatable bonds is 2. The number of sulfonamides is 1. The van der Waals surface area contributed by atoms with Gasteiger partial charge in [-0.3, -0.25) is 4.84 Å². The first-order valence-electron chi connectivity index (χ1n) is 7.83. The Kier molecular flexibility index (Phi) is 3.02. The molecular weight excluding hydrogens is 300 g/mol. The van der Waals surface area contributed by atoms with E-state index in [4.69, 9.17) is 4.84 Å². The molecule has 4 atom stereocenters. The number of fused-ring (bicyclic) bond motifs is 2. The number of hydrogen-bond donors (Lipinski definition) is 0. The van der Waals surface area contributed by atoms with Crippen molar-refractivity contribution in [1.29, 1.82) is 0 Å². The van der Waals surface area contributed by atoms with Gasteiger partial charge in [0.05, 0.1) is 16.5 Å². The first kappa shape index (κ1) is 14.6. The van der Waals surface area contributed by atoms with Gasteiger partial charge in [0.15, 0.2) is 0 Å². The van der Waals surface area contributed by atoms with E-state index in [9.17, 15) is 8.42 Å². The molecule has 3 fully saturated rings. The molecule has 1 spiro atoms. The quantitative estimate of drug-likeness (QED) is 0.830. The predicted octanol–water partition coefficient (Wildman–Crippen LogP) is 1.64. The van der Waals surface area contributed by atoms with Gasteiger partial charge in [0.1, 0.15) is 0 Å². The highest BCUT2D eigenvalue weighted by Crippen LogP contribution is 2.59. The zero-order valence-electron chi connectivity index (χ0n) is 13.2. The fraction of sp³-hybridized carbons (Fsp3) is 0.625. The van der Waals surface area contributed by atoms with Crippen molar-refractivity contribution in [2.24, 2.45) is 11.8 Å². The molecule has 2 saturated heterocycles. The summed E-state index contributed by atoms with van der Waals surface area (Å²) >= 11 is 0. The maximum atomic E-state index is 12.9. The molecule has 5 nitrogen and oxygen atoms in total. The Bertz CT molecular complexity index is 703. The van der Waals surface area contributed by atoms with E-state index in [1.807, 2.05) is 31.2 Å². The maximum Gasteiger partial charge on any atom is 0.243 e. The Labute approximate surface area is 131 Å². The van der Waals surface area contributed by atoms with Crippen molar-refractivity contribution in [1.82, 2.24) is 9.37 Å². The molecular formula is C16H22N2O3S. The number of aryl methyl sites for hydroxylation is 1. The zero-order chi connectivity index (χ0) is 15.7. The molecule has 0 amide bonds. The molecule has 1 aromatic carbocycles. The fourth-order valence-electron chi connectivity index (χ4n) is 4.12. The van der Waals surface area contributed by atoms with Crippen molar-refractivity contribution in [3.63, 3.8) is 0 Å². The van der Waals surface area contributed by atoms with Crippen LogP contribution in [0.25, 0.3) is 0 Å². The third-order valence-electron chi connectivity index (χ3n) is 5.62.